The molecular formula is C21H27N3O4S. The minimum Gasteiger partial charge on any atom is -0.490 e. The van der Waals surface area contributed by atoms with Crippen LogP contribution < -0.4 is 4.74 Å². The van der Waals surface area contributed by atoms with Crippen molar-refractivity contribution in [3.8, 4) is 5.75 Å². The number of nitrogens with zero attached hydrogens (tertiary/aromatic N) is 3. The zero-order chi connectivity index (χ0) is 20.6. The Hall–Kier alpha value is -2.32. The highest BCUT2D eigenvalue weighted by Gasteiger charge is 2.29. The molecule has 1 saturated heterocycles. The Morgan fingerprint density at radius 1 is 1.07 bits per heavy atom. The van der Waals surface area contributed by atoms with Crippen molar-refractivity contribution in [1.29, 1.82) is 0 Å². The topological polar surface area (TPSA) is 71.8 Å². The summed E-state index contributed by atoms with van der Waals surface area (Å²) in [7, 11) is -3.15. The van der Waals surface area contributed by atoms with Crippen LogP contribution in [0.15, 0.2) is 42.6 Å². The fraction of sp³-hybridized carbons (Fsp3) is 0.476. The molecule has 0 aliphatic carbocycles. The van der Waals surface area contributed by atoms with Crippen molar-refractivity contribution in [2.45, 2.75) is 38.5 Å². The van der Waals surface area contributed by atoms with Crippen LogP contribution in [-0.2, 0) is 16.6 Å². The quantitative estimate of drug-likeness (QED) is 0.766. The normalized spacial score (nSPS) is 21.0. The predicted molar refractivity (Wildman–Crippen MR) is 110 cm³/mol. The van der Waals surface area contributed by atoms with Gasteiger partial charge in [0.15, 0.2) is 0 Å². The van der Waals surface area contributed by atoms with Gasteiger partial charge in [0.2, 0.25) is 10.0 Å². The number of sulfonamides is 1. The molecule has 1 amide bonds. The first-order chi connectivity index (χ1) is 13.8. The predicted octanol–water partition coefficient (Wildman–Crippen LogP) is 2.51. The van der Waals surface area contributed by atoms with E-state index < -0.39 is 10.0 Å². The fourth-order valence-corrected chi connectivity index (χ4v) is 5.07. The molecule has 2 aliphatic rings. The standard InChI is InChI=1S/C21H27N3O4S/c1-16-20-7-4-10-22(20)13-14-24(16)21(25)17-5-3-6-19(15-17)28-18-8-11-23(12-9-18)29(2,26)27/h3-7,10,15-16,18H,8-9,11-14H2,1-2H3. The molecule has 4 rings (SSSR count). The highest BCUT2D eigenvalue weighted by atomic mass is 32.2. The minimum absolute atomic E-state index is 0.00213. The van der Waals surface area contributed by atoms with E-state index in [-0.39, 0.29) is 18.1 Å². The number of ether oxygens (including phenoxy) is 1. The maximum atomic E-state index is 13.1. The summed E-state index contributed by atoms with van der Waals surface area (Å²) < 4.78 is 33.0. The van der Waals surface area contributed by atoms with Crippen molar-refractivity contribution in [1.82, 2.24) is 13.8 Å². The van der Waals surface area contributed by atoms with E-state index in [4.69, 9.17) is 4.74 Å². The number of hydrogen-bond acceptors (Lipinski definition) is 4. The van der Waals surface area contributed by atoms with Crippen LogP contribution in [0.4, 0.5) is 0 Å². The minimum atomic E-state index is -3.15. The lowest BCUT2D eigenvalue weighted by Crippen LogP contribution is -2.41. The molecule has 1 fully saturated rings. The lowest BCUT2D eigenvalue weighted by Gasteiger charge is -2.35. The van der Waals surface area contributed by atoms with Gasteiger partial charge in [0, 0.05) is 43.6 Å². The number of carbonyl (C=O) groups is 1. The zero-order valence-electron chi connectivity index (χ0n) is 16.8. The molecule has 0 N–H and O–H groups in total. The van der Waals surface area contributed by atoms with E-state index in [1.807, 2.05) is 29.2 Å². The molecule has 0 spiro atoms. The van der Waals surface area contributed by atoms with E-state index in [2.05, 4.69) is 23.8 Å². The molecule has 1 unspecified atom stereocenters. The maximum Gasteiger partial charge on any atom is 0.254 e. The van der Waals surface area contributed by atoms with Gasteiger partial charge >= 0.3 is 0 Å². The summed E-state index contributed by atoms with van der Waals surface area (Å²) in [6, 6.07) is 11.4. The van der Waals surface area contributed by atoms with Crippen molar-refractivity contribution in [3.63, 3.8) is 0 Å². The Morgan fingerprint density at radius 2 is 1.83 bits per heavy atom. The lowest BCUT2D eigenvalue weighted by molar-refractivity contribution is 0.0642. The third-order valence-corrected chi connectivity index (χ3v) is 7.16. The van der Waals surface area contributed by atoms with E-state index in [1.165, 1.54) is 10.6 Å². The number of rotatable bonds is 4. The Bertz CT molecular complexity index is 993. The number of benzene rings is 1. The van der Waals surface area contributed by atoms with Gasteiger partial charge in [0.1, 0.15) is 11.9 Å². The van der Waals surface area contributed by atoms with E-state index in [0.29, 0.717) is 43.8 Å². The van der Waals surface area contributed by atoms with Crippen LogP contribution in [0.1, 0.15) is 41.9 Å². The first-order valence-electron chi connectivity index (χ1n) is 10.0. The molecule has 1 aromatic carbocycles. The van der Waals surface area contributed by atoms with E-state index in [1.54, 1.807) is 6.07 Å². The number of amides is 1. The third-order valence-electron chi connectivity index (χ3n) is 5.86. The first kappa shape index (κ1) is 20.0. The van der Waals surface area contributed by atoms with Crippen molar-refractivity contribution >= 4 is 15.9 Å². The number of aromatic nitrogens is 1. The summed E-state index contributed by atoms with van der Waals surface area (Å²) in [6.07, 6.45) is 4.53. The fourth-order valence-electron chi connectivity index (χ4n) is 4.20. The molecule has 1 atom stereocenters. The third kappa shape index (κ3) is 4.18. The highest BCUT2D eigenvalue weighted by molar-refractivity contribution is 7.88. The van der Waals surface area contributed by atoms with Crippen molar-refractivity contribution < 1.29 is 17.9 Å². The van der Waals surface area contributed by atoms with Crippen LogP contribution in [0.3, 0.4) is 0 Å². The van der Waals surface area contributed by atoms with Gasteiger partial charge in [0.25, 0.3) is 5.91 Å². The van der Waals surface area contributed by atoms with Crippen molar-refractivity contribution in [3.05, 3.63) is 53.9 Å². The molecule has 2 aromatic rings. The smallest absolute Gasteiger partial charge is 0.254 e. The van der Waals surface area contributed by atoms with Crippen LogP contribution in [0.2, 0.25) is 0 Å². The Morgan fingerprint density at radius 3 is 2.55 bits per heavy atom. The Balaban J connectivity index is 1.42. The van der Waals surface area contributed by atoms with E-state index in [0.717, 1.165) is 12.2 Å². The molecule has 2 aliphatic heterocycles. The van der Waals surface area contributed by atoms with Gasteiger partial charge < -0.3 is 14.2 Å². The summed E-state index contributed by atoms with van der Waals surface area (Å²) in [5, 5.41) is 0. The monoisotopic (exact) mass is 417 g/mol. The zero-order valence-corrected chi connectivity index (χ0v) is 17.6. The second-order valence-corrected chi connectivity index (χ2v) is 9.79. The molecule has 29 heavy (non-hydrogen) atoms. The van der Waals surface area contributed by atoms with Gasteiger partial charge in [0.05, 0.1) is 12.3 Å². The van der Waals surface area contributed by atoms with Crippen LogP contribution in [0.5, 0.6) is 5.75 Å². The molecule has 0 bridgehead atoms. The molecule has 0 saturated carbocycles. The number of hydrogen-bond donors (Lipinski definition) is 0. The first-order valence-corrected chi connectivity index (χ1v) is 11.9. The second kappa shape index (κ2) is 7.84. The number of piperidine rings is 1. The largest absolute Gasteiger partial charge is 0.490 e. The van der Waals surface area contributed by atoms with Gasteiger partial charge in [-0.2, -0.15) is 0 Å². The maximum absolute atomic E-state index is 13.1. The Labute approximate surface area is 171 Å². The second-order valence-electron chi connectivity index (χ2n) is 7.81. The molecular weight excluding hydrogens is 390 g/mol. The van der Waals surface area contributed by atoms with E-state index >= 15 is 0 Å². The van der Waals surface area contributed by atoms with Gasteiger partial charge in [-0.1, -0.05) is 6.07 Å². The van der Waals surface area contributed by atoms with Crippen LogP contribution in [0, 0.1) is 0 Å². The van der Waals surface area contributed by atoms with Crippen molar-refractivity contribution in [2.24, 2.45) is 0 Å². The van der Waals surface area contributed by atoms with Gasteiger partial charge in [-0.15, -0.1) is 0 Å². The lowest BCUT2D eigenvalue weighted by atomic mass is 10.1. The molecule has 156 valence electrons. The van der Waals surface area contributed by atoms with Crippen molar-refractivity contribution in [2.75, 3.05) is 25.9 Å². The highest BCUT2D eigenvalue weighted by Crippen LogP contribution is 2.28. The van der Waals surface area contributed by atoms with Crippen LogP contribution in [-0.4, -0.2) is 60.1 Å². The summed E-state index contributed by atoms with van der Waals surface area (Å²) in [6.45, 7) is 4.46. The molecule has 3 heterocycles. The molecule has 0 radical (unpaired) electrons. The van der Waals surface area contributed by atoms with Gasteiger partial charge in [-0.3, -0.25) is 4.79 Å². The molecule has 7 nitrogen and oxygen atoms in total. The van der Waals surface area contributed by atoms with E-state index in [9.17, 15) is 13.2 Å². The summed E-state index contributed by atoms with van der Waals surface area (Å²) >= 11 is 0. The van der Waals surface area contributed by atoms with Crippen LogP contribution >= 0.6 is 0 Å². The SMILES string of the molecule is CC1c2cccn2CCN1C(=O)c1cccc(OC2CCN(S(C)(=O)=O)CC2)c1. The number of carbonyl (C=O) groups excluding carboxylic acids is 1. The van der Waals surface area contributed by atoms with Gasteiger partial charge in [-0.25, -0.2) is 12.7 Å². The molecule has 1 aromatic heterocycles. The average molecular weight is 418 g/mol. The summed E-state index contributed by atoms with van der Waals surface area (Å²) in [5.74, 6) is 0.656. The Kier molecular flexibility index (Phi) is 5.40. The number of fused-ring (bicyclic) bond motifs is 1. The molecule has 8 heteroatoms. The average Bonchev–Trinajstić information content (AvgIpc) is 3.17. The van der Waals surface area contributed by atoms with Crippen LogP contribution in [0.25, 0.3) is 0 Å². The van der Waals surface area contributed by atoms with Gasteiger partial charge in [-0.05, 0) is 50.1 Å². The summed E-state index contributed by atoms with van der Waals surface area (Å²) in [4.78, 5) is 15.0. The summed E-state index contributed by atoms with van der Waals surface area (Å²) in [5.41, 5.74) is 1.76.